The van der Waals surface area contributed by atoms with Crippen LogP contribution in [0.4, 0.5) is 5.69 Å². The fourth-order valence-electron chi connectivity index (χ4n) is 1.05. The summed E-state index contributed by atoms with van der Waals surface area (Å²) >= 11 is 5.02. The average molecular weight is 236 g/mol. The molecule has 0 bridgehead atoms. The summed E-state index contributed by atoms with van der Waals surface area (Å²) in [4.78, 5) is 15.0. The third kappa shape index (κ3) is 3.86. The molecular formula is C11H12N2O2S. The van der Waals surface area contributed by atoms with Gasteiger partial charge >= 0.3 is 0 Å². The Hall–Kier alpha value is -1.62. The maximum absolute atomic E-state index is 10.4. The Morgan fingerprint density at radius 3 is 2.62 bits per heavy atom. The van der Waals surface area contributed by atoms with E-state index in [0.717, 1.165) is 16.8 Å². The number of nitrogens with zero attached hydrogens (tertiary/aromatic N) is 2. The van der Waals surface area contributed by atoms with Gasteiger partial charge in [-0.3, -0.25) is 15.1 Å². The normalized spacial score (nSPS) is 10.6. The van der Waals surface area contributed by atoms with E-state index in [-0.39, 0.29) is 5.69 Å². The van der Waals surface area contributed by atoms with E-state index >= 15 is 0 Å². The van der Waals surface area contributed by atoms with Gasteiger partial charge in [-0.1, -0.05) is 19.1 Å². The summed E-state index contributed by atoms with van der Waals surface area (Å²) in [6.07, 6.45) is 2.51. The zero-order chi connectivity index (χ0) is 12.0. The number of hydrogen-bond donors (Lipinski definition) is 0. The highest BCUT2D eigenvalue weighted by atomic mass is 32.1. The Morgan fingerprint density at radius 2 is 2.12 bits per heavy atom. The molecule has 0 atom stereocenters. The largest absolute Gasteiger partial charge is 0.287 e. The van der Waals surface area contributed by atoms with Gasteiger partial charge in [0.1, 0.15) is 0 Å². The topological polar surface area (TPSA) is 55.5 Å². The lowest BCUT2D eigenvalue weighted by Crippen LogP contribution is -1.97. The number of rotatable bonds is 5. The first-order valence-electron chi connectivity index (χ1n) is 4.89. The Morgan fingerprint density at radius 1 is 1.50 bits per heavy atom. The number of nitro benzene ring substituents is 1. The number of benzene rings is 1. The highest BCUT2D eigenvalue weighted by molar-refractivity contribution is 7.80. The van der Waals surface area contributed by atoms with Crippen molar-refractivity contribution in [3.63, 3.8) is 0 Å². The fourth-order valence-corrected chi connectivity index (χ4v) is 1.12. The minimum Gasteiger partial charge on any atom is -0.287 e. The Labute approximate surface area is 99.2 Å². The standard InChI is InChI=1S/C11H12N2O2S/c1-2-11(16)8-12-7-9-3-5-10(6-4-9)13(14)15/h3-7H,2,8H2,1H3. The SMILES string of the molecule is CCC(=S)CN=Cc1ccc([N+](=O)[O-])cc1. The van der Waals surface area contributed by atoms with Gasteiger partial charge < -0.3 is 0 Å². The first-order chi connectivity index (χ1) is 7.63. The second kappa shape index (κ2) is 6.07. The molecule has 84 valence electrons. The third-order valence-corrected chi connectivity index (χ3v) is 2.42. The van der Waals surface area contributed by atoms with Crippen LogP contribution in [-0.4, -0.2) is 22.5 Å². The predicted octanol–water partition coefficient (Wildman–Crippen LogP) is 2.79. The van der Waals surface area contributed by atoms with Crippen LogP contribution in [0.15, 0.2) is 29.3 Å². The van der Waals surface area contributed by atoms with Gasteiger partial charge in [0.2, 0.25) is 0 Å². The zero-order valence-electron chi connectivity index (χ0n) is 8.92. The summed E-state index contributed by atoms with van der Waals surface area (Å²) in [5.41, 5.74) is 0.922. The molecule has 4 nitrogen and oxygen atoms in total. The molecule has 0 aliphatic carbocycles. The maximum Gasteiger partial charge on any atom is 0.269 e. The molecule has 0 aliphatic rings. The Kier molecular flexibility index (Phi) is 4.72. The van der Waals surface area contributed by atoms with E-state index in [2.05, 4.69) is 4.99 Å². The first-order valence-corrected chi connectivity index (χ1v) is 5.30. The lowest BCUT2D eigenvalue weighted by molar-refractivity contribution is -0.384. The molecule has 5 heteroatoms. The maximum atomic E-state index is 10.4. The second-order valence-electron chi connectivity index (χ2n) is 3.21. The third-order valence-electron chi connectivity index (χ3n) is 2.01. The van der Waals surface area contributed by atoms with E-state index < -0.39 is 4.92 Å². The smallest absolute Gasteiger partial charge is 0.269 e. The van der Waals surface area contributed by atoms with Gasteiger partial charge in [-0.2, -0.15) is 0 Å². The highest BCUT2D eigenvalue weighted by Crippen LogP contribution is 2.10. The molecule has 0 N–H and O–H groups in total. The molecule has 1 aromatic carbocycles. The van der Waals surface area contributed by atoms with Crippen LogP contribution in [0.5, 0.6) is 0 Å². The predicted molar refractivity (Wildman–Crippen MR) is 68.4 cm³/mol. The molecule has 0 aromatic heterocycles. The number of thiocarbonyl (C=S) groups is 1. The molecule has 0 unspecified atom stereocenters. The van der Waals surface area contributed by atoms with E-state index in [1.54, 1.807) is 18.3 Å². The lowest BCUT2D eigenvalue weighted by Gasteiger charge is -1.95. The molecule has 0 heterocycles. The van der Waals surface area contributed by atoms with E-state index in [0.29, 0.717) is 6.54 Å². The van der Waals surface area contributed by atoms with Crippen molar-refractivity contribution < 1.29 is 4.92 Å². The summed E-state index contributed by atoms with van der Waals surface area (Å²) in [6, 6.07) is 6.24. The van der Waals surface area contributed by atoms with Gasteiger partial charge in [-0.05, 0) is 24.1 Å². The number of hydrogen-bond acceptors (Lipinski definition) is 4. The molecule has 0 fully saturated rings. The quantitative estimate of drug-likeness (QED) is 0.342. The van der Waals surface area contributed by atoms with Crippen LogP contribution in [0.25, 0.3) is 0 Å². The van der Waals surface area contributed by atoms with E-state index in [9.17, 15) is 10.1 Å². The van der Waals surface area contributed by atoms with Gasteiger partial charge in [0, 0.05) is 23.2 Å². The molecule has 0 amide bonds. The van der Waals surface area contributed by atoms with Crippen molar-refractivity contribution in [3.05, 3.63) is 39.9 Å². The minimum absolute atomic E-state index is 0.0845. The summed E-state index contributed by atoms with van der Waals surface area (Å²) in [5.74, 6) is 0. The van der Waals surface area contributed by atoms with Crippen LogP contribution >= 0.6 is 12.2 Å². The van der Waals surface area contributed by atoms with Gasteiger partial charge in [0.05, 0.1) is 11.5 Å². The van der Waals surface area contributed by atoms with Gasteiger partial charge in [0.15, 0.2) is 0 Å². The first kappa shape index (κ1) is 12.4. The minimum atomic E-state index is -0.423. The van der Waals surface area contributed by atoms with Crippen molar-refractivity contribution in [2.75, 3.05) is 6.54 Å². The van der Waals surface area contributed by atoms with Crippen LogP contribution in [0, 0.1) is 10.1 Å². The summed E-state index contributed by atoms with van der Waals surface area (Å²) < 4.78 is 0. The molecular weight excluding hydrogens is 224 g/mol. The van der Waals surface area contributed by atoms with E-state index in [1.807, 2.05) is 6.92 Å². The molecule has 16 heavy (non-hydrogen) atoms. The summed E-state index contributed by atoms with van der Waals surface area (Å²) in [6.45, 7) is 2.52. The second-order valence-corrected chi connectivity index (χ2v) is 3.79. The molecule has 0 aliphatic heterocycles. The summed E-state index contributed by atoms with van der Waals surface area (Å²) in [7, 11) is 0. The molecule has 1 aromatic rings. The van der Waals surface area contributed by atoms with Crippen molar-refractivity contribution >= 4 is 29.0 Å². The molecule has 0 spiro atoms. The summed E-state index contributed by atoms with van der Waals surface area (Å²) in [5, 5.41) is 10.4. The molecule has 1 rings (SSSR count). The van der Waals surface area contributed by atoms with Crippen LogP contribution in [0.3, 0.4) is 0 Å². The molecule has 0 saturated carbocycles. The highest BCUT2D eigenvalue weighted by Gasteiger charge is 2.02. The van der Waals surface area contributed by atoms with Gasteiger partial charge in [-0.15, -0.1) is 0 Å². The number of aliphatic imine (C=N–C) groups is 1. The van der Waals surface area contributed by atoms with Gasteiger partial charge in [-0.25, -0.2) is 0 Å². The van der Waals surface area contributed by atoms with Crippen LogP contribution in [-0.2, 0) is 0 Å². The number of nitro groups is 1. The monoisotopic (exact) mass is 236 g/mol. The number of non-ortho nitro benzene ring substituents is 1. The van der Waals surface area contributed by atoms with Crippen molar-refractivity contribution in [2.24, 2.45) is 4.99 Å². The fraction of sp³-hybridized carbons (Fsp3) is 0.273. The van der Waals surface area contributed by atoms with Crippen LogP contribution in [0.1, 0.15) is 18.9 Å². The molecule has 0 radical (unpaired) electrons. The van der Waals surface area contributed by atoms with Gasteiger partial charge in [0.25, 0.3) is 5.69 Å². The molecule has 0 saturated heterocycles. The van der Waals surface area contributed by atoms with Crippen molar-refractivity contribution in [1.29, 1.82) is 0 Å². The van der Waals surface area contributed by atoms with Crippen molar-refractivity contribution in [2.45, 2.75) is 13.3 Å². The van der Waals surface area contributed by atoms with E-state index in [4.69, 9.17) is 12.2 Å². The Balaban J connectivity index is 2.61. The van der Waals surface area contributed by atoms with Crippen LogP contribution < -0.4 is 0 Å². The lowest BCUT2D eigenvalue weighted by atomic mass is 10.2. The zero-order valence-corrected chi connectivity index (χ0v) is 9.74. The van der Waals surface area contributed by atoms with Crippen molar-refractivity contribution in [1.82, 2.24) is 0 Å². The van der Waals surface area contributed by atoms with E-state index in [1.165, 1.54) is 12.1 Å². The average Bonchev–Trinajstić information content (AvgIpc) is 2.29. The van der Waals surface area contributed by atoms with Crippen molar-refractivity contribution in [3.8, 4) is 0 Å². The Bertz CT molecular complexity index is 412. The van der Waals surface area contributed by atoms with Crippen LogP contribution in [0.2, 0.25) is 0 Å².